The van der Waals surface area contributed by atoms with Gasteiger partial charge >= 0.3 is 0 Å². The standard InChI is InChI=1S/C30H35N5O3S/c1-21(2)23-12-14-26(15-13-23)39(36,37)35-18-16-34(17-19-35)22(3)29-32-28-11-6-5-10-27(28)30(33-29)31-24-8-7-9-25(20-24)38-4/h5-15,20-22H,16-19H2,1-4H3,(H,31,32,33). The minimum atomic E-state index is -3.54. The normalized spacial score (nSPS) is 15.9. The number of hydrogen-bond donors (Lipinski definition) is 1. The number of sulfonamides is 1. The lowest BCUT2D eigenvalue weighted by atomic mass is 10.0. The summed E-state index contributed by atoms with van der Waals surface area (Å²) in [5.41, 5.74) is 2.85. The number of nitrogens with zero attached hydrogens (tertiary/aromatic N) is 4. The molecule has 0 saturated carbocycles. The Morgan fingerprint density at radius 1 is 0.872 bits per heavy atom. The maximum Gasteiger partial charge on any atom is 0.243 e. The van der Waals surface area contributed by atoms with Gasteiger partial charge in [0.05, 0.1) is 23.6 Å². The number of ether oxygens (including phenoxy) is 1. The van der Waals surface area contributed by atoms with Gasteiger partial charge in [0.25, 0.3) is 0 Å². The Kier molecular flexibility index (Phi) is 7.83. The van der Waals surface area contributed by atoms with E-state index in [1.165, 1.54) is 0 Å². The third-order valence-electron chi connectivity index (χ3n) is 7.33. The van der Waals surface area contributed by atoms with Crippen LogP contribution in [0.25, 0.3) is 10.9 Å². The molecule has 2 heterocycles. The van der Waals surface area contributed by atoms with Crippen LogP contribution in [0.15, 0.2) is 77.7 Å². The first kappa shape index (κ1) is 27.1. The molecule has 3 aromatic carbocycles. The first-order chi connectivity index (χ1) is 18.8. The predicted octanol–water partition coefficient (Wildman–Crippen LogP) is 5.57. The molecule has 1 unspecified atom stereocenters. The van der Waals surface area contributed by atoms with E-state index in [0.717, 1.165) is 33.7 Å². The Labute approximate surface area is 230 Å². The van der Waals surface area contributed by atoms with Crippen molar-refractivity contribution in [1.29, 1.82) is 0 Å². The van der Waals surface area contributed by atoms with Crippen LogP contribution in [0.1, 0.15) is 44.1 Å². The van der Waals surface area contributed by atoms with Crippen LogP contribution in [0, 0.1) is 0 Å². The smallest absolute Gasteiger partial charge is 0.243 e. The van der Waals surface area contributed by atoms with E-state index in [4.69, 9.17) is 14.7 Å². The van der Waals surface area contributed by atoms with E-state index < -0.39 is 10.0 Å². The zero-order valence-corrected chi connectivity index (χ0v) is 23.6. The number of rotatable bonds is 8. The molecule has 1 saturated heterocycles. The van der Waals surface area contributed by atoms with Crippen LogP contribution in [0.4, 0.5) is 11.5 Å². The summed E-state index contributed by atoms with van der Waals surface area (Å²) in [5, 5.41) is 4.37. The molecule has 0 aliphatic carbocycles. The minimum Gasteiger partial charge on any atom is -0.497 e. The molecule has 0 amide bonds. The van der Waals surface area contributed by atoms with Gasteiger partial charge < -0.3 is 10.1 Å². The summed E-state index contributed by atoms with van der Waals surface area (Å²) >= 11 is 0. The second kappa shape index (κ2) is 11.3. The zero-order valence-electron chi connectivity index (χ0n) is 22.8. The van der Waals surface area contributed by atoms with Gasteiger partial charge in [-0.05, 0) is 54.8 Å². The third kappa shape index (κ3) is 5.75. The van der Waals surface area contributed by atoms with Crippen molar-refractivity contribution >= 4 is 32.4 Å². The van der Waals surface area contributed by atoms with E-state index in [0.29, 0.717) is 42.8 Å². The number of piperazine rings is 1. The molecule has 0 radical (unpaired) electrons. The monoisotopic (exact) mass is 545 g/mol. The maximum absolute atomic E-state index is 13.3. The van der Waals surface area contributed by atoms with Gasteiger partial charge in [0, 0.05) is 43.3 Å². The molecule has 204 valence electrons. The first-order valence-corrected chi connectivity index (χ1v) is 14.7. The van der Waals surface area contributed by atoms with Gasteiger partial charge in [-0.3, -0.25) is 4.90 Å². The molecule has 0 spiro atoms. The molecule has 1 atom stereocenters. The van der Waals surface area contributed by atoms with Crippen molar-refractivity contribution in [1.82, 2.24) is 19.2 Å². The van der Waals surface area contributed by atoms with Gasteiger partial charge in [-0.1, -0.05) is 44.2 Å². The lowest BCUT2D eigenvalue weighted by Gasteiger charge is -2.37. The van der Waals surface area contributed by atoms with E-state index in [1.54, 1.807) is 23.5 Å². The molecule has 1 aliphatic rings. The van der Waals surface area contributed by atoms with Crippen LogP contribution in [0.3, 0.4) is 0 Å². The van der Waals surface area contributed by atoms with Crippen LogP contribution in [0.2, 0.25) is 0 Å². The van der Waals surface area contributed by atoms with Crippen LogP contribution in [-0.4, -0.2) is 60.9 Å². The van der Waals surface area contributed by atoms with Gasteiger partial charge in [0.15, 0.2) is 0 Å². The number of para-hydroxylation sites is 1. The molecule has 1 aliphatic heterocycles. The Hall–Kier alpha value is -3.53. The molecule has 1 aromatic heterocycles. The van der Waals surface area contributed by atoms with E-state index in [2.05, 4.69) is 31.0 Å². The molecular weight excluding hydrogens is 510 g/mol. The van der Waals surface area contributed by atoms with Crippen molar-refractivity contribution in [2.45, 2.75) is 37.6 Å². The molecule has 5 rings (SSSR count). The average Bonchev–Trinajstić information content (AvgIpc) is 2.97. The topological polar surface area (TPSA) is 87.7 Å². The third-order valence-corrected chi connectivity index (χ3v) is 9.25. The number of benzene rings is 3. The van der Waals surface area contributed by atoms with Crippen molar-refractivity contribution in [2.24, 2.45) is 0 Å². The number of anilines is 2. The van der Waals surface area contributed by atoms with Crippen molar-refractivity contribution in [3.8, 4) is 5.75 Å². The Bertz CT molecular complexity index is 1550. The molecule has 0 bridgehead atoms. The number of methoxy groups -OCH3 is 1. The molecule has 1 fully saturated rings. The van der Waals surface area contributed by atoms with Gasteiger partial charge in [-0.25, -0.2) is 18.4 Å². The summed E-state index contributed by atoms with van der Waals surface area (Å²) in [4.78, 5) is 12.4. The van der Waals surface area contributed by atoms with Crippen molar-refractivity contribution in [3.05, 3.63) is 84.2 Å². The summed E-state index contributed by atoms with van der Waals surface area (Å²) in [6.45, 7) is 8.30. The Balaban J connectivity index is 1.34. The highest BCUT2D eigenvalue weighted by atomic mass is 32.2. The molecule has 9 heteroatoms. The second-order valence-electron chi connectivity index (χ2n) is 10.1. The first-order valence-electron chi connectivity index (χ1n) is 13.3. The summed E-state index contributed by atoms with van der Waals surface area (Å²) in [6, 6.07) is 22.8. The largest absolute Gasteiger partial charge is 0.497 e. The highest BCUT2D eigenvalue weighted by molar-refractivity contribution is 7.89. The highest BCUT2D eigenvalue weighted by Crippen LogP contribution is 2.29. The lowest BCUT2D eigenvalue weighted by molar-refractivity contribution is 0.141. The average molecular weight is 546 g/mol. The molecule has 8 nitrogen and oxygen atoms in total. The Morgan fingerprint density at radius 3 is 2.28 bits per heavy atom. The quantitative estimate of drug-likeness (QED) is 0.310. The maximum atomic E-state index is 13.3. The molecule has 4 aromatic rings. The van der Waals surface area contributed by atoms with Crippen LogP contribution < -0.4 is 10.1 Å². The SMILES string of the molecule is COc1cccc(Nc2nc(C(C)N3CCN(S(=O)(=O)c4ccc(C(C)C)cc4)CC3)nc3ccccc23)c1. The van der Waals surface area contributed by atoms with Gasteiger partial charge in [-0.15, -0.1) is 0 Å². The molecular formula is C30H35N5O3S. The summed E-state index contributed by atoms with van der Waals surface area (Å²) < 4.78 is 33.5. The zero-order chi connectivity index (χ0) is 27.6. The fourth-order valence-corrected chi connectivity index (χ4v) is 6.30. The lowest BCUT2D eigenvalue weighted by Crippen LogP contribution is -2.49. The summed E-state index contributed by atoms with van der Waals surface area (Å²) in [7, 11) is -1.89. The second-order valence-corrected chi connectivity index (χ2v) is 12.1. The summed E-state index contributed by atoms with van der Waals surface area (Å²) in [6.07, 6.45) is 0. The number of hydrogen-bond acceptors (Lipinski definition) is 7. The van der Waals surface area contributed by atoms with Gasteiger partial charge in [-0.2, -0.15) is 4.31 Å². The van der Waals surface area contributed by atoms with E-state index in [-0.39, 0.29) is 6.04 Å². The van der Waals surface area contributed by atoms with E-state index in [1.807, 2.05) is 60.7 Å². The van der Waals surface area contributed by atoms with Gasteiger partial charge in [0.1, 0.15) is 17.4 Å². The number of nitrogens with one attached hydrogen (secondary N) is 1. The fraction of sp³-hybridized carbons (Fsp3) is 0.333. The fourth-order valence-electron chi connectivity index (χ4n) is 4.88. The number of aromatic nitrogens is 2. The van der Waals surface area contributed by atoms with Crippen molar-refractivity contribution in [2.75, 3.05) is 38.6 Å². The van der Waals surface area contributed by atoms with Crippen LogP contribution >= 0.6 is 0 Å². The van der Waals surface area contributed by atoms with E-state index in [9.17, 15) is 8.42 Å². The van der Waals surface area contributed by atoms with Crippen molar-refractivity contribution < 1.29 is 13.2 Å². The van der Waals surface area contributed by atoms with E-state index >= 15 is 0 Å². The molecule has 1 N–H and O–H groups in total. The summed E-state index contributed by atoms with van der Waals surface area (Å²) in [5.74, 6) is 2.53. The minimum absolute atomic E-state index is 0.0874. The Morgan fingerprint density at radius 2 is 1.59 bits per heavy atom. The van der Waals surface area contributed by atoms with Crippen LogP contribution in [0.5, 0.6) is 5.75 Å². The highest BCUT2D eigenvalue weighted by Gasteiger charge is 2.31. The molecule has 39 heavy (non-hydrogen) atoms. The van der Waals surface area contributed by atoms with Crippen LogP contribution in [-0.2, 0) is 10.0 Å². The van der Waals surface area contributed by atoms with Gasteiger partial charge in [0.2, 0.25) is 10.0 Å². The van der Waals surface area contributed by atoms with Crippen molar-refractivity contribution in [3.63, 3.8) is 0 Å². The predicted molar refractivity (Wildman–Crippen MR) is 155 cm³/mol. The number of fused-ring (bicyclic) bond motifs is 1.